The molecule has 0 bridgehead atoms. The molecule has 5 nitrogen and oxygen atoms in total. The number of rotatable bonds is 6. The molecule has 0 aliphatic rings. The van der Waals surface area contributed by atoms with Crippen molar-refractivity contribution in [2.45, 2.75) is 20.3 Å². The lowest BCUT2D eigenvalue weighted by Crippen LogP contribution is -2.07. The van der Waals surface area contributed by atoms with Crippen LogP contribution in [0.25, 0.3) is 127 Å². The van der Waals surface area contributed by atoms with Crippen molar-refractivity contribution < 1.29 is 4.42 Å². The van der Waals surface area contributed by atoms with Crippen LogP contribution in [0.15, 0.2) is 223 Å². The van der Waals surface area contributed by atoms with Crippen molar-refractivity contribution in [3.8, 4) is 62.1 Å². The lowest BCUT2D eigenvalue weighted by atomic mass is 9.94. The predicted molar refractivity (Wildman–Crippen MR) is 280 cm³/mol. The molecule has 3 aromatic heterocycles. The first-order chi connectivity index (χ1) is 33.1. The lowest BCUT2D eigenvalue weighted by molar-refractivity contribution is 0.669. The number of hydrogen-bond acceptors (Lipinski definition) is 4. The number of para-hydroxylation sites is 2. The Morgan fingerprint density at radius 1 is 0.343 bits per heavy atom. The van der Waals surface area contributed by atoms with Crippen molar-refractivity contribution in [2.75, 3.05) is 0 Å². The van der Waals surface area contributed by atoms with Gasteiger partial charge in [0.1, 0.15) is 11.2 Å². The molecule has 67 heavy (non-hydrogen) atoms. The quantitative estimate of drug-likeness (QED) is 0.156. The molecule has 3 heterocycles. The van der Waals surface area contributed by atoms with Crippen LogP contribution in [0.5, 0.6) is 0 Å². The van der Waals surface area contributed by atoms with Crippen LogP contribution >= 0.6 is 0 Å². The average molecular weight is 861 g/mol. The molecule has 0 aliphatic carbocycles. The summed E-state index contributed by atoms with van der Waals surface area (Å²) in [6.07, 6.45) is 1.25. The Morgan fingerprint density at radius 3 is 1.55 bits per heavy atom. The minimum atomic E-state index is 0.535. The van der Waals surface area contributed by atoms with Gasteiger partial charge in [-0.05, 0) is 74.3 Å². The van der Waals surface area contributed by atoms with Gasteiger partial charge in [0.25, 0.3) is 0 Å². The van der Waals surface area contributed by atoms with Gasteiger partial charge in [-0.15, -0.1) is 0 Å². The maximum Gasteiger partial charge on any atom is 0.238 e. The molecular weight excluding hydrogens is 817 g/mol. The van der Waals surface area contributed by atoms with Crippen LogP contribution < -0.4 is 0 Å². The number of hydrogen-bond donors (Lipinski definition) is 0. The Balaban J connectivity index is 0.00000152. The van der Waals surface area contributed by atoms with Crippen molar-refractivity contribution >= 4 is 65.3 Å². The molecule has 0 saturated heterocycles. The van der Waals surface area contributed by atoms with Gasteiger partial charge in [0.05, 0.1) is 11.0 Å². The molecule has 13 rings (SSSR count). The third-order valence-corrected chi connectivity index (χ3v) is 12.6. The van der Waals surface area contributed by atoms with E-state index in [1.54, 1.807) is 0 Å². The van der Waals surface area contributed by atoms with Gasteiger partial charge in [-0.1, -0.05) is 208 Å². The second-order valence-corrected chi connectivity index (χ2v) is 17.0. The molecule has 0 spiro atoms. The standard InChI is InChI=1S/C59H36N4O.C3H8/c1-3-16-37(17-4-1)39-20-13-21-40(34-39)41-22-14-23-42(35-41)44-29-15-30-51-54-49-27-9-7-24-45(49)46-25-8-10-28-50(46)56(54)63(55(44)51)59-61-57(38-18-5-2-6-19-38)60-58(62-59)43-32-33-48-47-26-11-12-31-52(47)64-53(48)36-43;1-3-2/h1-36H;3H2,1-2H3. The van der Waals surface area contributed by atoms with Gasteiger partial charge in [0.2, 0.25) is 5.95 Å². The van der Waals surface area contributed by atoms with Crippen molar-refractivity contribution in [2.24, 2.45) is 0 Å². The summed E-state index contributed by atoms with van der Waals surface area (Å²) in [6.45, 7) is 4.25. The highest BCUT2D eigenvalue weighted by Gasteiger charge is 2.24. The molecule has 10 aromatic carbocycles. The SMILES string of the molecule is CCC.c1ccc(-c2cccc(-c3cccc(-c4cccc5c6c7ccccc7c7ccccc7c6n(-c6nc(-c7ccccc7)nc(-c7ccc8c(c7)oc7ccccc78)n6)c45)c3)c2)cc1. The first kappa shape index (κ1) is 39.9. The normalized spacial score (nSPS) is 11.5. The topological polar surface area (TPSA) is 56.7 Å². The lowest BCUT2D eigenvalue weighted by Gasteiger charge is -2.15. The van der Waals surface area contributed by atoms with Gasteiger partial charge < -0.3 is 4.42 Å². The van der Waals surface area contributed by atoms with Crippen molar-refractivity contribution in [3.63, 3.8) is 0 Å². The molecule has 0 N–H and O–H groups in total. The summed E-state index contributed by atoms with van der Waals surface area (Å²) in [5.74, 6) is 1.68. The van der Waals surface area contributed by atoms with E-state index < -0.39 is 0 Å². The molecule has 0 radical (unpaired) electrons. The largest absolute Gasteiger partial charge is 0.456 e. The zero-order valence-electron chi connectivity index (χ0n) is 37.2. The zero-order chi connectivity index (χ0) is 44.8. The van der Waals surface area contributed by atoms with Gasteiger partial charge >= 0.3 is 0 Å². The fourth-order valence-corrected chi connectivity index (χ4v) is 9.71. The number of nitrogens with zero attached hydrogens (tertiary/aromatic N) is 4. The van der Waals surface area contributed by atoms with Crippen LogP contribution in [0.1, 0.15) is 20.3 Å². The summed E-state index contributed by atoms with van der Waals surface area (Å²) < 4.78 is 8.70. The number of furan rings is 1. The fraction of sp³-hybridized carbons (Fsp3) is 0.0484. The van der Waals surface area contributed by atoms with E-state index in [1.807, 2.05) is 36.4 Å². The minimum absolute atomic E-state index is 0.535. The second kappa shape index (κ2) is 16.7. The predicted octanol–water partition coefficient (Wildman–Crippen LogP) is 16.9. The van der Waals surface area contributed by atoms with Gasteiger partial charge in [0, 0.05) is 43.6 Å². The molecule has 0 aliphatic heterocycles. The first-order valence-electron chi connectivity index (χ1n) is 23.0. The van der Waals surface area contributed by atoms with E-state index in [2.05, 4.69) is 200 Å². The van der Waals surface area contributed by atoms with Crippen LogP contribution in [-0.4, -0.2) is 19.5 Å². The van der Waals surface area contributed by atoms with Crippen LogP contribution in [-0.2, 0) is 0 Å². The minimum Gasteiger partial charge on any atom is -0.456 e. The Labute approximate surface area is 388 Å². The molecule has 5 heteroatoms. The molecule has 0 atom stereocenters. The van der Waals surface area contributed by atoms with Crippen molar-refractivity contribution in [1.82, 2.24) is 19.5 Å². The van der Waals surface area contributed by atoms with Gasteiger partial charge in [-0.3, -0.25) is 4.57 Å². The summed E-state index contributed by atoms with van der Waals surface area (Å²) in [7, 11) is 0. The van der Waals surface area contributed by atoms with E-state index in [4.69, 9.17) is 19.4 Å². The van der Waals surface area contributed by atoms with E-state index in [9.17, 15) is 0 Å². The Kier molecular flexibility index (Phi) is 9.95. The number of benzene rings is 10. The number of aromatic nitrogens is 4. The van der Waals surface area contributed by atoms with Crippen LogP contribution in [0, 0.1) is 0 Å². The van der Waals surface area contributed by atoms with E-state index in [0.29, 0.717) is 17.6 Å². The Hall–Kier alpha value is -8.67. The monoisotopic (exact) mass is 860 g/mol. The zero-order valence-corrected chi connectivity index (χ0v) is 37.2. The van der Waals surface area contributed by atoms with E-state index in [-0.39, 0.29) is 0 Å². The molecule has 0 fully saturated rings. The van der Waals surface area contributed by atoms with Gasteiger partial charge in [-0.25, -0.2) is 4.98 Å². The maximum absolute atomic E-state index is 6.40. The highest BCUT2D eigenvalue weighted by atomic mass is 16.3. The summed E-state index contributed by atoms with van der Waals surface area (Å²) >= 11 is 0. The summed E-state index contributed by atoms with van der Waals surface area (Å²) in [5, 5.41) is 9.09. The second-order valence-electron chi connectivity index (χ2n) is 17.0. The van der Waals surface area contributed by atoms with Crippen molar-refractivity contribution in [3.05, 3.63) is 218 Å². The van der Waals surface area contributed by atoms with Crippen molar-refractivity contribution in [1.29, 1.82) is 0 Å². The third kappa shape index (κ3) is 6.91. The fourth-order valence-electron chi connectivity index (χ4n) is 9.71. The third-order valence-electron chi connectivity index (χ3n) is 12.6. The Bertz CT molecular complexity index is 3980. The smallest absolute Gasteiger partial charge is 0.238 e. The maximum atomic E-state index is 6.40. The van der Waals surface area contributed by atoms with E-state index in [0.717, 1.165) is 82.5 Å². The van der Waals surface area contributed by atoms with Gasteiger partial charge in [0.15, 0.2) is 11.6 Å². The summed E-state index contributed by atoms with van der Waals surface area (Å²) in [4.78, 5) is 16.1. The molecule has 13 aromatic rings. The highest BCUT2D eigenvalue weighted by Crippen LogP contribution is 2.45. The van der Waals surface area contributed by atoms with E-state index >= 15 is 0 Å². The molecule has 318 valence electrons. The number of fused-ring (bicyclic) bond motifs is 11. The van der Waals surface area contributed by atoms with Crippen LogP contribution in [0.4, 0.5) is 0 Å². The molecule has 0 amide bonds. The van der Waals surface area contributed by atoms with Crippen LogP contribution in [0.2, 0.25) is 0 Å². The molecule has 0 unspecified atom stereocenters. The molecule has 0 saturated carbocycles. The Morgan fingerprint density at radius 2 is 0.836 bits per heavy atom. The highest BCUT2D eigenvalue weighted by molar-refractivity contribution is 6.33. The van der Waals surface area contributed by atoms with E-state index in [1.165, 1.54) is 33.7 Å². The molecular formula is C62H44N4O. The summed E-state index contributed by atoms with van der Waals surface area (Å²) in [5.41, 5.74) is 12.3. The van der Waals surface area contributed by atoms with Gasteiger partial charge in [-0.2, -0.15) is 9.97 Å². The summed E-state index contributed by atoms with van der Waals surface area (Å²) in [6, 6.07) is 77.0. The van der Waals surface area contributed by atoms with Crippen LogP contribution in [0.3, 0.4) is 0 Å². The average Bonchev–Trinajstić information content (AvgIpc) is 3.96. The first-order valence-corrected chi connectivity index (χ1v) is 23.0.